The lowest BCUT2D eigenvalue weighted by molar-refractivity contribution is 1.18. The van der Waals surface area contributed by atoms with Crippen molar-refractivity contribution in [3.8, 4) is 67.3 Å². The zero-order chi connectivity index (χ0) is 65.8. The Morgan fingerprint density at radius 1 is 0.110 bits per heavy atom. The molecule has 4 aromatic heterocycles. The lowest BCUT2D eigenvalue weighted by atomic mass is 9.94. The van der Waals surface area contributed by atoms with Crippen LogP contribution >= 0.6 is 0 Å². The predicted octanol–water partition coefficient (Wildman–Crippen LogP) is 25.9. The van der Waals surface area contributed by atoms with Crippen LogP contribution in [0.1, 0.15) is 0 Å². The van der Waals surface area contributed by atoms with E-state index >= 15 is 0 Å². The van der Waals surface area contributed by atoms with E-state index in [4.69, 9.17) is 0 Å². The van der Waals surface area contributed by atoms with Crippen molar-refractivity contribution < 1.29 is 0 Å². The number of para-hydroxylation sites is 5. The summed E-state index contributed by atoms with van der Waals surface area (Å²) in [5.41, 5.74) is 24.1. The summed E-state index contributed by atoms with van der Waals surface area (Å²) in [6.07, 6.45) is 0. The molecule has 0 aliphatic heterocycles. The van der Waals surface area contributed by atoms with E-state index in [2.05, 4.69) is 394 Å². The Kier molecular flexibility index (Phi) is 13.2. The molecule has 21 aromatic rings. The second-order valence-corrected chi connectivity index (χ2v) is 26.3. The van der Waals surface area contributed by atoms with Crippen LogP contribution < -0.4 is 0 Å². The average molecular weight is 1270 g/mol. The van der Waals surface area contributed by atoms with Crippen LogP contribution in [0.4, 0.5) is 0 Å². The molecule has 4 heteroatoms. The Morgan fingerprint density at radius 2 is 0.370 bits per heavy atom. The first-order valence-corrected chi connectivity index (χ1v) is 34.5. The van der Waals surface area contributed by atoms with Gasteiger partial charge in [0.25, 0.3) is 0 Å². The standard InChI is InChI=1S/C48H30N2.C48H32N2/c1-2-12-33(13-3-1)49-45-20-10-8-18-40(45)42-25-22-32(29-48(42)49)31-23-27-47-44(28-31)41-19-9-11-21-46(41)50(47)34-24-26-39-37-16-5-4-14-35(37)36-15-6-7-17-38(36)43(39)30-34;1-3-12-33(13-4-1)35-22-26-39(27-23-35)49-45-20-9-7-18-41(45)43-31-37(24-28-47(43)49)38-25-29-48-44(32-38)42-19-8-10-21-46(42)50(48)40-17-11-16-36(30-40)34-14-5-2-6-15-34/h1-30H;1-32H. The van der Waals surface area contributed by atoms with Gasteiger partial charge in [0.1, 0.15) is 0 Å². The van der Waals surface area contributed by atoms with E-state index in [1.54, 1.807) is 0 Å². The fourth-order valence-corrected chi connectivity index (χ4v) is 16.2. The van der Waals surface area contributed by atoms with Gasteiger partial charge in [-0.1, -0.05) is 261 Å². The smallest absolute Gasteiger partial charge is 0.0547 e. The molecule has 0 unspecified atom stereocenters. The molecule has 0 atom stereocenters. The maximum absolute atomic E-state index is 2.44. The van der Waals surface area contributed by atoms with Gasteiger partial charge in [-0.15, -0.1) is 0 Å². The zero-order valence-corrected chi connectivity index (χ0v) is 54.6. The fraction of sp³-hybridized carbons (Fsp3) is 0. The van der Waals surface area contributed by atoms with E-state index in [9.17, 15) is 0 Å². The van der Waals surface area contributed by atoms with E-state index in [-0.39, 0.29) is 0 Å². The Labute approximate surface area is 577 Å². The monoisotopic (exact) mass is 1270 g/mol. The summed E-state index contributed by atoms with van der Waals surface area (Å²) in [5.74, 6) is 0. The molecule has 0 spiro atoms. The molecule has 0 amide bonds. The molecule has 100 heavy (non-hydrogen) atoms. The number of rotatable bonds is 8. The van der Waals surface area contributed by atoms with Gasteiger partial charge < -0.3 is 18.3 Å². The molecule has 0 N–H and O–H groups in total. The summed E-state index contributed by atoms with van der Waals surface area (Å²) in [4.78, 5) is 0. The minimum Gasteiger partial charge on any atom is -0.309 e. The Morgan fingerprint density at radius 3 is 0.860 bits per heavy atom. The van der Waals surface area contributed by atoms with Gasteiger partial charge in [-0.25, -0.2) is 0 Å². The lowest BCUT2D eigenvalue weighted by Gasteiger charge is -2.14. The van der Waals surface area contributed by atoms with Crippen LogP contribution in [0.2, 0.25) is 0 Å². The summed E-state index contributed by atoms with van der Waals surface area (Å²) in [7, 11) is 0. The van der Waals surface area contributed by atoms with Crippen molar-refractivity contribution >= 4 is 120 Å². The number of aromatic nitrogens is 4. The van der Waals surface area contributed by atoms with Crippen molar-refractivity contribution in [2.45, 2.75) is 0 Å². The molecule has 0 bridgehead atoms. The molecule has 0 saturated heterocycles. The van der Waals surface area contributed by atoms with Gasteiger partial charge in [-0.2, -0.15) is 0 Å². The molecule has 0 saturated carbocycles. The van der Waals surface area contributed by atoms with Crippen molar-refractivity contribution in [2.75, 3.05) is 0 Å². The largest absolute Gasteiger partial charge is 0.309 e. The van der Waals surface area contributed by atoms with Crippen LogP contribution in [0.15, 0.2) is 376 Å². The molecule has 4 nitrogen and oxygen atoms in total. The average Bonchev–Trinajstić information content (AvgIpc) is 1.14. The summed E-state index contributed by atoms with van der Waals surface area (Å²) in [6, 6.07) is 137. The van der Waals surface area contributed by atoms with Gasteiger partial charge in [0, 0.05) is 65.8 Å². The number of hydrogen-bond donors (Lipinski definition) is 0. The highest BCUT2D eigenvalue weighted by Crippen LogP contribution is 2.43. The Hall–Kier alpha value is -13.3. The predicted molar refractivity (Wildman–Crippen MR) is 425 cm³/mol. The normalized spacial score (nSPS) is 11.8. The van der Waals surface area contributed by atoms with E-state index in [1.165, 1.54) is 175 Å². The molecule has 0 aliphatic rings. The summed E-state index contributed by atoms with van der Waals surface area (Å²) in [6.45, 7) is 0. The highest BCUT2D eigenvalue weighted by atomic mass is 15.0. The summed E-state index contributed by atoms with van der Waals surface area (Å²) in [5, 5.41) is 17.8. The number of nitrogens with zero attached hydrogens (tertiary/aromatic N) is 4. The first-order chi connectivity index (χ1) is 49.6. The molecular formula is C96H62N4. The lowest BCUT2D eigenvalue weighted by Crippen LogP contribution is -1.94. The van der Waals surface area contributed by atoms with Crippen LogP contribution in [0.25, 0.3) is 187 Å². The number of benzene rings is 17. The molecule has 0 fully saturated rings. The van der Waals surface area contributed by atoms with E-state index in [0.29, 0.717) is 0 Å². The molecule has 466 valence electrons. The minimum atomic E-state index is 1.16. The number of hydrogen-bond acceptors (Lipinski definition) is 0. The third-order valence-electron chi connectivity index (χ3n) is 20.8. The highest BCUT2D eigenvalue weighted by molar-refractivity contribution is 6.26. The topological polar surface area (TPSA) is 19.7 Å². The second kappa shape index (κ2) is 23.2. The van der Waals surface area contributed by atoms with Crippen LogP contribution in [-0.2, 0) is 0 Å². The van der Waals surface area contributed by atoms with Crippen molar-refractivity contribution in [1.29, 1.82) is 0 Å². The quantitative estimate of drug-likeness (QED) is 0.135. The van der Waals surface area contributed by atoms with Gasteiger partial charge in [0.05, 0.1) is 44.1 Å². The first kappa shape index (κ1) is 57.0. The Balaban J connectivity index is 0.000000135. The first-order valence-electron chi connectivity index (χ1n) is 34.5. The highest BCUT2D eigenvalue weighted by Gasteiger charge is 2.21. The third kappa shape index (κ3) is 9.22. The van der Waals surface area contributed by atoms with Crippen molar-refractivity contribution in [1.82, 2.24) is 18.3 Å². The molecular weight excluding hydrogens is 1210 g/mol. The van der Waals surface area contributed by atoms with Gasteiger partial charge in [-0.05, 0) is 192 Å². The summed E-state index contributed by atoms with van der Waals surface area (Å²) >= 11 is 0. The molecule has 0 aliphatic carbocycles. The molecule has 17 aromatic carbocycles. The van der Waals surface area contributed by atoms with E-state index < -0.39 is 0 Å². The van der Waals surface area contributed by atoms with Crippen LogP contribution in [0, 0.1) is 0 Å². The number of fused-ring (bicyclic) bond motifs is 18. The SMILES string of the molecule is c1ccc(-c2ccc(-n3c4ccccc4c4cc(-c5ccc6c(c5)c5ccccc5n6-c5cccc(-c6ccccc6)c5)ccc43)cc2)cc1.c1ccc(-n2c3ccccc3c3ccc(-c4ccc5c(c4)c4ccccc4n5-c4ccc5c6ccccc6c6ccccc6c5c4)cc32)cc1. The maximum atomic E-state index is 2.44. The van der Waals surface area contributed by atoms with Gasteiger partial charge >= 0.3 is 0 Å². The van der Waals surface area contributed by atoms with Crippen LogP contribution in [0.3, 0.4) is 0 Å². The van der Waals surface area contributed by atoms with Gasteiger partial charge in [-0.3, -0.25) is 0 Å². The second-order valence-electron chi connectivity index (χ2n) is 26.3. The zero-order valence-electron chi connectivity index (χ0n) is 54.6. The van der Waals surface area contributed by atoms with E-state index in [0.717, 1.165) is 11.4 Å². The van der Waals surface area contributed by atoms with Crippen molar-refractivity contribution in [3.05, 3.63) is 376 Å². The minimum absolute atomic E-state index is 1.16. The Bertz CT molecular complexity index is 6770. The summed E-state index contributed by atoms with van der Waals surface area (Å²) < 4.78 is 9.63. The van der Waals surface area contributed by atoms with Crippen LogP contribution in [-0.4, -0.2) is 18.3 Å². The van der Waals surface area contributed by atoms with Crippen molar-refractivity contribution in [3.63, 3.8) is 0 Å². The van der Waals surface area contributed by atoms with Crippen LogP contribution in [0.5, 0.6) is 0 Å². The maximum Gasteiger partial charge on any atom is 0.0547 e. The van der Waals surface area contributed by atoms with Crippen molar-refractivity contribution in [2.24, 2.45) is 0 Å². The third-order valence-corrected chi connectivity index (χ3v) is 20.8. The molecule has 0 radical (unpaired) electrons. The van der Waals surface area contributed by atoms with Gasteiger partial charge in [0.15, 0.2) is 0 Å². The fourth-order valence-electron chi connectivity index (χ4n) is 16.2. The van der Waals surface area contributed by atoms with Gasteiger partial charge in [0.2, 0.25) is 0 Å². The molecule has 4 heterocycles. The van der Waals surface area contributed by atoms with E-state index in [1.807, 2.05) is 0 Å². The molecule has 21 rings (SSSR count).